The lowest BCUT2D eigenvalue weighted by Gasteiger charge is -2.38. The Balaban J connectivity index is 1.53. The number of carboxylic acid groups (broad SMARTS) is 1. The fourth-order valence-electron chi connectivity index (χ4n) is 3.61. The van der Waals surface area contributed by atoms with E-state index in [1.807, 2.05) is 0 Å². The highest BCUT2D eigenvalue weighted by atomic mass is 16.7. The molecule has 24 heavy (non-hydrogen) atoms. The van der Waals surface area contributed by atoms with E-state index >= 15 is 0 Å². The van der Waals surface area contributed by atoms with Crippen LogP contribution in [0.2, 0.25) is 0 Å². The lowest BCUT2D eigenvalue weighted by Crippen LogP contribution is -2.58. The Hall–Kier alpha value is -2.77. The number of piperazine rings is 1. The highest BCUT2D eigenvalue weighted by Crippen LogP contribution is 2.34. The van der Waals surface area contributed by atoms with E-state index in [1.54, 1.807) is 18.2 Å². The molecule has 2 amide bonds. The first-order valence-corrected chi connectivity index (χ1v) is 7.77. The Morgan fingerprint density at radius 1 is 1.17 bits per heavy atom. The maximum atomic E-state index is 12.7. The summed E-state index contributed by atoms with van der Waals surface area (Å²) < 4.78 is 10.5. The second kappa shape index (κ2) is 5.40. The number of fused-ring (bicyclic) bond motifs is 2. The van der Waals surface area contributed by atoms with Gasteiger partial charge in [-0.15, -0.1) is 0 Å². The molecule has 2 unspecified atom stereocenters. The number of nitrogens with zero attached hydrogens (tertiary/aromatic N) is 2. The highest BCUT2D eigenvalue weighted by Gasteiger charge is 2.45. The van der Waals surface area contributed by atoms with Crippen molar-refractivity contribution in [3.63, 3.8) is 0 Å². The van der Waals surface area contributed by atoms with Crippen molar-refractivity contribution < 1.29 is 29.0 Å². The van der Waals surface area contributed by atoms with Crippen molar-refractivity contribution in [2.75, 3.05) is 19.9 Å². The number of hydrogen-bond donors (Lipinski definition) is 1. The predicted octanol–water partition coefficient (Wildman–Crippen LogP) is 0.315. The minimum atomic E-state index is -0.985. The van der Waals surface area contributed by atoms with Crippen molar-refractivity contribution in [3.8, 4) is 11.5 Å². The van der Waals surface area contributed by atoms with E-state index in [-0.39, 0.29) is 31.2 Å². The van der Waals surface area contributed by atoms with Crippen LogP contribution in [-0.2, 0) is 9.59 Å². The molecule has 0 aromatic heterocycles. The van der Waals surface area contributed by atoms with Crippen molar-refractivity contribution in [2.45, 2.75) is 24.9 Å². The van der Waals surface area contributed by atoms with E-state index in [4.69, 9.17) is 9.47 Å². The standard InChI is InChI=1S/C16H16N2O6/c19-14-7-17(6-10-2-3-11(16(21)22)18(10)14)15(20)9-1-4-12-13(5-9)24-8-23-12/h1,4-5,10-11H,2-3,6-8H2,(H,21,22). The number of rotatable bonds is 2. The lowest BCUT2D eigenvalue weighted by atomic mass is 10.1. The fourth-order valence-corrected chi connectivity index (χ4v) is 3.61. The number of carbonyl (C=O) groups is 3. The molecule has 4 rings (SSSR count). The van der Waals surface area contributed by atoms with E-state index in [2.05, 4.69) is 0 Å². The van der Waals surface area contributed by atoms with Crippen molar-refractivity contribution in [1.82, 2.24) is 9.80 Å². The molecular weight excluding hydrogens is 316 g/mol. The lowest BCUT2D eigenvalue weighted by molar-refractivity contribution is -0.152. The molecule has 3 aliphatic rings. The van der Waals surface area contributed by atoms with Gasteiger partial charge in [0.25, 0.3) is 5.91 Å². The molecule has 2 atom stereocenters. The van der Waals surface area contributed by atoms with Crippen molar-refractivity contribution in [3.05, 3.63) is 23.8 Å². The maximum absolute atomic E-state index is 12.7. The zero-order chi connectivity index (χ0) is 16.8. The molecule has 126 valence electrons. The molecule has 8 nitrogen and oxygen atoms in total. The summed E-state index contributed by atoms with van der Waals surface area (Å²) in [6, 6.07) is 3.91. The largest absolute Gasteiger partial charge is 0.480 e. The van der Waals surface area contributed by atoms with Crippen LogP contribution in [0.25, 0.3) is 0 Å². The molecule has 2 fully saturated rings. The van der Waals surface area contributed by atoms with Gasteiger partial charge in [-0.3, -0.25) is 9.59 Å². The summed E-state index contributed by atoms with van der Waals surface area (Å²) in [5.74, 6) is -0.461. The molecular formula is C16H16N2O6. The first kappa shape index (κ1) is 14.8. The number of aliphatic carboxylic acids is 1. The van der Waals surface area contributed by atoms with Crippen LogP contribution < -0.4 is 9.47 Å². The summed E-state index contributed by atoms with van der Waals surface area (Å²) in [5.41, 5.74) is 0.424. The Morgan fingerprint density at radius 2 is 1.96 bits per heavy atom. The number of amides is 2. The zero-order valence-electron chi connectivity index (χ0n) is 12.8. The number of carboxylic acids is 1. The topological polar surface area (TPSA) is 96.4 Å². The summed E-state index contributed by atoms with van der Waals surface area (Å²) in [7, 11) is 0. The molecule has 0 aliphatic carbocycles. The third-order valence-corrected chi connectivity index (χ3v) is 4.74. The normalized spacial score (nSPS) is 24.9. The summed E-state index contributed by atoms with van der Waals surface area (Å²) in [6.45, 7) is 0.374. The summed E-state index contributed by atoms with van der Waals surface area (Å²) in [6.07, 6.45) is 1.02. The predicted molar refractivity (Wildman–Crippen MR) is 79.8 cm³/mol. The van der Waals surface area contributed by atoms with Gasteiger partial charge in [0.15, 0.2) is 11.5 Å². The Bertz CT molecular complexity index is 733. The average molecular weight is 332 g/mol. The molecule has 0 spiro atoms. The van der Waals surface area contributed by atoms with Gasteiger partial charge >= 0.3 is 5.97 Å². The van der Waals surface area contributed by atoms with Crippen LogP contribution in [0, 0.1) is 0 Å². The van der Waals surface area contributed by atoms with Crippen LogP contribution in [0.15, 0.2) is 18.2 Å². The minimum Gasteiger partial charge on any atom is -0.480 e. The smallest absolute Gasteiger partial charge is 0.326 e. The first-order valence-electron chi connectivity index (χ1n) is 7.77. The van der Waals surface area contributed by atoms with Crippen LogP contribution in [-0.4, -0.2) is 64.7 Å². The molecule has 0 bridgehead atoms. The van der Waals surface area contributed by atoms with Crippen LogP contribution in [0.4, 0.5) is 0 Å². The molecule has 3 aliphatic heterocycles. The third-order valence-electron chi connectivity index (χ3n) is 4.74. The molecule has 0 radical (unpaired) electrons. The van der Waals surface area contributed by atoms with Crippen molar-refractivity contribution in [2.24, 2.45) is 0 Å². The van der Waals surface area contributed by atoms with Crippen molar-refractivity contribution in [1.29, 1.82) is 0 Å². The zero-order valence-corrected chi connectivity index (χ0v) is 12.8. The van der Waals surface area contributed by atoms with Crippen LogP contribution in [0.3, 0.4) is 0 Å². The SMILES string of the molecule is O=C(O)C1CCC2CN(C(=O)c3ccc4c(c3)OCO4)CC(=O)N21. The molecule has 1 N–H and O–H groups in total. The van der Waals surface area contributed by atoms with E-state index < -0.39 is 12.0 Å². The van der Waals surface area contributed by atoms with E-state index in [0.29, 0.717) is 36.4 Å². The molecule has 2 saturated heterocycles. The summed E-state index contributed by atoms with van der Waals surface area (Å²) in [5, 5.41) is 9.21. The second-order valence-corrected chi connectivity index (χ2v) is 6.14. The van der Waals surface area contributed by atoms with Crippen molar-refractivity contribution >= 4 is 17.8 Å². The van der Waals surface area contributed by atoms with Gasteiger partial charge in [-0.1, -0.05) is 0 Å². The molecule has 8 heteroatoms. The molecule has 1 aromatic rings. The Labute approximate surface area is 137 Å². The van der Waals surface area contributed by atoms with Gasteiger partial charge in [0.2, 0.25) is 12.7 Å². The quantitative estimate of drug-likeness (QED) is 0.838. The van der Waals surface area contributed by atoms with Gasteiger partial charge < -0.3 is 24.4 Å². The monoisotopic (exact) mass is 332 g/mol. The maximum Gasteiger partial charge on any atom is 0.326 e. The third kappa shape index (κ3) is 2.26. The van der Waals surface area contributed by atoms with Gasteiger partial charge in [-0.25, -0.2) is 4.79 Å². The van der Waals surface area contributed by atoms with E-state index in [9.17, 15) is 19.5 Å². The van der Waals surface area contributed by atoms with Crippen LogP contribution in [0.5, 0.6) is 11.5 Å². The molecule has 0 saturated carbocycles. The van der Waals surface area contributed by atoms with E-state index in [0.717, 1.165) is 0 Å². The Morgan fingerprint density at radius 3 is 2.75 bits per heavy atom. The molecule has 1 aromatic carbocycles. The number of benzene rings is 1. The number of carbonyl (C=O) groups excluding carboxylic acids is 2. The van der Waals surface area contributed by atoms with Gasteiger partial charge in [-0.05, 0) is 31.0 Å². The van der Waals surface area contributed by atoms with Gasteiger partial charge in [0.05, 0.1) is 6.04 Å². The number of hydrogen-bond acceptors (Lipinski definition) is 5. The first-order chi connectivity index (χ1) is 11.5. The number of ether oxygens (including phenoxy) is 2. The Kier molecular flexibility index (Phi) is 3.33. The minimum absolute atomic E-state index is 0.104. The van der Waals surface area contributed by atoms with Gasteiger partial charge in [-0.2, -0.15) is 0 Å². The van der Waals surface area contributed by atoms with Gasteiger partial charge in [0.1, 0.15) is 12.6 Å². The summed E-state index contributed by atoms with van der Waals surface area (Å²) in [4.78, 5) is 39.2. The highest BCUT2D eigenvalue weighted by molar-refractivity contribution is 5.98. The second-order valence-electron chi connectivity index (χ2n) is 6.14. The van der Waals surface area contributed by atoms with Crippen LogP contribution >= 0.6 is 0 Å². The average Bonchev–Trinajstić information content (AvgIpc) is 3.19. The van der Waals surface area contributed by atoms with Gasteiger partial charge in [0, 0.05) is 12.1 Å². The summed E-state index contributed by atoms with van der Waals surface area (Å²) >= 11 is 0. The fraction of sp³-hybridized carbons (Fsp3) is 0.438. The van der Waals surface area contributed by atoms with E-state index in [1.165, 1.54) is 9.80 Å². The van der Waals surface area contributed by atoms with Crippen LogP contribution in [0.1, 0.15) is 23.2 Å². The molecule has 3 heterocycles.